The highest BCUT2D eigenvalue weighted by molar-refractivity contribution is 5.80. The van der Waals surface area contributed by atoms with Gasteiger partial charge in [-0.1, -0.05) is 19.1 Å². The molecule has 0 aliphatic carbocycles. The smallest absolute Gasteiger partial charge is 0.226 e. The van der Waals surface area contributed by atoms with Crippen LogP contribution < -0.4 is 11.1 Å². The normalized spacial score (nSPS) is 30.1. The van der Waals surface area contributed by atoms with E-state index in [0.29, 0.717) is 5.69 Å². The van der Waals surface area contributed by atoms with Crippen molar-refractivity contribution in [3.63, 3.8) is 0 Å². The zero-order valence-electron chi connectivity index (χ0n) is 12.7. The zero-order chi connectivity index (χ0) is 15.6. The van der Waals surface area contributed by atoms with Crippen LogP contribution in [0.3, 0.4) is 0 Å². The number of amides is 1. The molecular formula is C16H24N2O3. The van der Waals surface area contributed by atoms with Crippen LogP contribution in [0.4, 0.5) is 5.69 Å². The minimum absolute atomic E-state index is 0.0613. The van der Waals surface area contributed by atoms with Gasteiger partial charge in [0.2, 0.25) is 5.91 Å². The van der Waals surface area contributed by atoms with Crippen LogP contribution in [0, 0.1) is 11.8 Å². The second-order valence-corrected chi connectivity index (χ2v) is 5.86. The van der Waals surface area contributed by atoms with E-state index in [-0.39, 0.29) is 36.5 Å². The van der Waals surface area contributed by atoms with Crippen molar-refractivity contribution >= 4 is 11.6 Å². The molecule has 1 amide bonds. The first-order valence-corrected chi connectivity index (χ1v) is 7.36. The van der Waals surface area contributed by atoms with Gasteiger partial charge in [-0.25, -0.2) is 0 Å². The molecule has 21 heavy (non-hydrogen) atoms. The highest BCUT2D eigenvalue weighted by atomic mass is 16.5. The number of ether oxygens (including phenoxy) is 1. The number of nitrogens with one attached hydrogen (secondary N) is 1. The number of carbonyl (C=O) groups excluding carboxylic acids is 1. The van der Waals surface area contributed by atoms with E-state index in [4.69, 9.17) is 10.5 Å². The standard InChI is InChI=1S/C16H24N2O3/c1-9-10(2)21-11(3)15(9)16(20)18-8-14(19)12-4-6-13(17)7-5-12/h4-7,9-11,14-15,19H,8,17H2,1-3H3,(H,18,20). The zero-order valence-corrected chi connectivity index (χ0v) is 12.7. The van der Waals surface area contributed by atoms with Crippen LogP contribution in [0.25, 0.3) is 0 Å². The average molecular weight is 292 g/mol. The van der Waals surface area contributed by atoms with Gasteiger partial charge in [0, 0.05) is 12.2 Å². The molecule has 0 saturated carbocycles. The highest BCUT2D eigenvalue weighted by Gasteiger charge is 2.41. The first-order valence-electron chi connectivity index (χ1n) is 7.36. The molecule has 1 fully saturated rings. The Bertz CT molecular complexity index is 489. The quantitative estimate of drug-likeness (QED) is 0.734. The molecule has 1 heterocycles. The number of hydrogen-bond donors (Lipinski definition) is 3. The Hall–Kier alpha value is -1.59. The summed E-state index contributed by atoms with van der Waals surface area (Å²) in [4.78, 5) is 12.3. The molecule has 0 bridgehead atoms. The average Bonchev–Trinajstić information content (AvgIpc) is 2.70. The highest BCUT2D eigenvalue weighted by Crippen LogP contribution is 2.32. The maximum absolute atomic E-state index is 12.3. The number of anilines is 1. The molecule has 2 rings (SSSR count). The van der Waals surface area contributed by atoms with Crippen LogP contribution in [-0.2, 0) is 9.53 Å². The van der Waals surface area contributed by atoms with Crippen molar-refractivity contribution in [3.05, 3.63) is 29.8 Å². The van der Waals surface area contributed by atoms with Gasteiger partial charge >= 0.3 is 0 Å². The van der Waals surface area contributed by atoms with Crippen molar-refractivity contribution in [3.8, 4) is 0 Å². The first-order chi connectivity index (χ1) is 9.90. The maximum atomic E-state index is 12.3. The van der Waals surface area contributed by atoms with Crippen LogP contribution >= 0.6 is 0 Å². The molecular weight excluding hydrogens is 268 g/mol. The number of nitrogen functional groups attached to an aromatic ring is 1. The second-order valence-electron chi connectivity index (χ2n) is 5.86. The SMILES string of the molecule is CC1OC(C)C(C(=O)NCC(O)c2ccc(N)cc2)C1C. The predicted molar refractivity (Wildman–Crippen MR) is 81.5 cm³/mol. The molecule has 116 valence electrons. The van der Waals surface area contributed by atoms with Gasteiger partial charge < -0.3 is 20.9 Å². The van der Waals surface area contributed by atoms with Crippen molar-refractivity contribution < 1.29 is 14.6 Å². The predicted octanol–water partition coefficient (Wildman–Crippen LogP) is 1.48. The van der Waals surface area contributed by atoms with Crippen molar-refractivity contribution in [1.29, 1.82) is 0 Å². The number of aliphatic hydroxyl groups is 1. The summed E-state index contributed by atoms with van der Waals surface area (Å²) in [6, 6.07) is 6.99. The van der Waals surface area contributed by atoms with E-state index in [2.05, 4.69) is 5.32 Å². The third-order valence-corrected chi connectivity index (χ3v) is 4.34. The van der Waals surface area contributed by atoms with E-state index in [1.54, 1.807) is 24.3 Å². The minimum Gasteiger partial charge on any atom is -0.399 e. The van der Waals surface area contributed by atoms with Gasteiger partial charge in [-0.05, 0) is 37.5 Å². The van der Waals surface area contributed by atoms with E-state index in [9.17, 15) is 9.90 Å². The molecule has 1 aromatic carbocycles. The molecule has 5 heteroatoms. The third kappa shape index (κ3) is 3.54. The summed E-state index contributed by atoms with van der Waals surface area (Å²) < 4.78 is 5.67. The number of nitrogens with two attached hydrogens (primary N) is 1. The van der Waals surface area contributed by atoms with E-state index in [1.807, 2.05) is 20.8 Å². The molecule has 1 aliphatic heterocycles. The van der Waals surface area contributed by atoms with Gasteiger partial charge in [0.25, 0.3) is 0 Å². The molecule has 0 spiro atoms. The minimum atomic E-state index is -0.736. The van der Waals surface area contributed by atoms with Crippen molar-refractivity contribution in [2.24, 2.45) is 11.8 Å². The summed E-state index contributed by atoms with van der Waals surface area (Å²) in [5, 5.41) is 12.9. The Morgan fingerprint density at radius 3 is 2.43 bits per heavy atom. The number of rotatable bonds is 4. The molecule has 5 unspecified atom stereocenters. The number of hydrogen-bond acceptors (Lipinski definition) is 4. The van der Waals surface area contributed by atoms with E-state index < -0.39 is 6.10 Å². The van der Waals surface area contributed by atoms with Gasteiger partial charge in [-0.2, -0.15) is 0 Å². The van der Waals surface area contributed by atoms with Crippen LogP contribution in [0.5, 0.6) is 0 Å². The summed E-state index contributed by atoms with van der Waals surface area (Å²) in [5.41, 5.74) is 7.00. The van der Waals surface area contributed by atoms with Gasteiger partial charge in [0.05, 0.1) is 24.2 Å². The lowest BCUT2D eigenvalue weighted by Crippen LogP contribution is -2.39. The van der Waals surface area contributed by atoms with Crippen LogP contribution in [-0.4, -0.2) is 29.8 Å². The van der Waals surface area contributed by atoms with Gasteiger partial charge in [0.15, 0.2) is 0 Å². The molecule has 5 atom stereocenters. The van der Waals surface area contributed by atoms with Crippen molar-refractivity contribution in [1.82, 2.24) is 5.32 Å². The Morgan fingerprint density at radius 2 is 1.90 bits per heavy atom. The molecule has 1 aliphatic rings. The number of carbonyl (C=O) groups is 1. The van der Waals surface area contributed by atoms with Crippen LogP contribution in [0.15, 0.2) is 24.3 Å². The fourth-order valence-corrected chi connectivity index (χ4v) is 2.87. The van der Waals surface area contributed by atoms with Gasteiger partial charge in [0.1, 0.15) is 0 Å². The van der Waals surface area contributed by atoms with E-state index in [1.165, 1.54) is 0 Å². The maximum Gasteiger partial charge on any atom is 0.226 e. The Balaban J connectivity index is 1.90. The monoisotopic (exact) mass is 292 g/mol. The Kier molecular flexibility index (Phi) is 4.85. The van der Waals surface area contributed by atoms with E-state index >= 15 is 0 Å². The summed E-state index contributed by atoms with van der Waals surface area (Å²) >= 11 is 0. The van der Waals surface area contributed by atoms with Gasteiger partial charge in [-0.15, -0.1) is 0 Å². The number of benzene rings is 1. The fraction of sp³-hybridized carbons (Fsp3) is 0.562. The molecule has 1 aromatic rings. The van der Waals surface area contributed by atoms with E-state index in [0.717, 1.165) is 5.56 Å². The molecule has 1 saturated heterocycles. The summed E-state index contributed by atoms with van der Waals surface area (Å²) in [7, 11) is 0. The summed E-state index contributed by atoms with van der Waals surface area (Å²) in [6.07, 6.45) is -0.749. The molecule has 5 nitrogen and oxygen atoms in total. The molecule has 0 aromatic heterocycles. The van der Waals surface area contributed by atoms with Crippen molar-refractivity contribution in [2.45, 2.75) is 39.1 Å². The topological polar surface area (TPSA) is 84.6 Å². The van der Waals surface area contributed by atoms with Crippen LogP contribution in [0.1, 0.15) is 32.4 Å². The Labute approximate surface area is 125 Å². The Morgan fingerprint density at radius 1 is 1.29 bits per heavy atom. The second kappa shape index (κ2) is 6.45. The van der Waals surface area contributed by atoms with Crippen LogP contribution in [0.2, 0.25) is 0 Å². The summed E-state index contributed by atoms with van der Waals surface area (Å²) in [6.45, 7) is 6.11. The molecule has 4 N–H and O–H groups in total. The van der Waals surface area contributed by atoms with Gasteiger partial charge in [-0.3, -0.25) is 4.79 Å². The first kappa shape index (κ1) is 15.8. The van der Waals surface area contributed by atoms with Crippen molar-refractivity contribution in [2.75, 3.05) is 12.3 Å². The third-order valence-electron chi connectivity index (χ3n) is 4.34. The lowest BCUT2D eigenvalue weighted by Gasteiger charge is -2.19. The largest absolute Gasteiger partial charge is 0.399 e. The lowest BCUT2D eigenvalue weighted by molar-refractivity contribution is -0.127. The molecule has 0 radical (unpaired) electrons. The fourth-order valence-electron chi connectivity index (χ4n) is 2.87. The lowest BCUT2D eigenvalue weighted by atomic mass is 9.89. The number of aliphatic hydroxyl groups excluding tert-OH is 1. The summed E-state index contributed by atoms with van der Waals surface area (Å²) in [5.74, 6) is -0.0545.